The van der Waals surface area contributed by atoms with Crippen LogP contribution < -0.4 is 9.62 Å². The predicted octanol–water partition coefficient (Wildman–Crippen LogP) is 2.76. The standard InChI is InChI=1S/C18H18N2O4S/c1-12-3-5-14(6-4-12)19-25(23,24)15-7-8-16(13(2)11-15)20-17(21)9-10-18(20)22/h3-8,11,19H,9-10H2,1-2H3. The summed E-state index contributed by atoms with van der Waals surface area (Å²) in [5.74, 6) is -0.525. The van der Waals surface area contributed by atoms with Crippen LogP contribution in [0.25, 0.3) is 0 Å². The Morgan fingerprint density at radius 2 is 1.52 bits per heavy atom. The summed E-state index contributed by atoms with van der Waals surface area (Å²) in [6, 6.07) is 11.4. The summed E-state index contributed by atoms with van der Waals surface area (Å²) in [5.41, 5.74) is 2.48. The average Bonchev–Trinajstić information content (AvgIpc) is 2.88. The van der Waals surface area contributed by atoms with Crippen molar-refractivity contribution in [2.24, 2.45) is 0 Å². The number of sulfonamides is 1. The SMILES string of the molecule is Cc1ccc(NS(=O)(=O)c2ccc(N3C(=O)CCC3=O)c(C)c2)cc1. The minimum atomic E-state index is -3.75. The normalized spacial score (nSPS) is 14.9. The zero-order chi connectivity index (χ0) is 18.2. The molecule has 2 aromatic rings. The Hall–Kier alpha value is -2.67. The second-order valence-corrected chi connectivity index (χ2v) is 7.73. The number of carbonyl (C=O) groups excluding carboxylic acids is 2. The lowest BCUT2D eigenvalue weighted by Gasteiger charge is -2.17. The molecule has 7 heteroatoms. The number of nitrogens with zero attached hydrogens (tertiary/aromatic N) is 1. The highest BCUT2D eigenvalue weighted by molar-refractivity contribution is 7.92. The minimum absolute atomic E-state index is 0.0772. The molecule has 1 aliphatic rings. The molecule has 1 fully saturated rings. The summed E-state index contributed by atoms with van der Waals surface area (Å²) >= 11 is 0. The minimum Gasteiger partial charge on any atom is -0.280 e. The highest BCUT2D eigenvalue weighted by Gasteiger charge is 2.31. The monoisotopic (exact) mass is 358 g/mol. The number of imide groups is 1. The van der Waals surface area contributed by atoms with Gasteiger partial charge in [0.05, 0.1) is 10.6 Å². The van der Waals surface area contributed by atoms with E-state index in [9.17, 15) is 18.0 Å². The molecule has 6 nitrogen and oxygen atoms in total. The van der Waals surface area contributed by atoms with Gasteiger partial charge in [0, 0.05) is 18.5 Å². The van der Waals surface area contributed by atoms with Gasteiger partial charge in [-0.1, -0.05) is 17.7 Å². The average molecular weight is 358 g/mol. The molecular weight excluding hydrogens is 340 g/mol. The highest BCUT2D eigenvalue weighted by Crippen LogP contribution is 2.28. The molecule has 0 radical (unpaired) electrons. The van der Waals surface area contributed by atoms with Gasteiger partial charge in [-0.3, -0.25) is 19.2 Å². The maximum atomic E-state index is 12.5. The van der Waals surface area contributed by atoms with Crippen LogP contribution in [0.4, 0.5) is 11.4 Å². The number of carbonyl (C=O) groups is 2. The third-order valence-corrected chi connectivity index (χ3v) is 5.45. The van der Waals surface area contributed by atoms with Crippen molar-refractivity contribution in [1.82, 2.24) is 0 Å². The van der Waals surface area contributed by atoms with Crippen LogP contribution in [-0.4, -0.2) is 20.2 Å². The van der Waals surface area contributed by atoms with E-state index in [0.29, 0.717) is 16.9 Å². The molecule has 0 atom stereocenters. The van der Waals surface area contributed by atoms with Crippen molar-refractivity contribution in [3.63, 3.8) is 0 Å². The lowest BCUT2D eigenvalue weighted by molar-refractivity contribution is -0.121. The van der Waals surface area contributed by atoms with Crippen LogP contribution in [0.3, 0.4) is 0 Å². The third-order valence-electron chi connectivity index (χ3n) is 4.07. The summed E-state index contributed by atoms with van der Waals surface area (Å²) in [4.78, 5) is 24.9. The smallest absolute Gasteiger partial charge is 0.261 e. The van der Waals surface area contributed by atoms with Crippen LogP contribution >= 0.6 is 0 Å². The van der Waals surface area contributed by atoms with E-state index in [1.807, 2.05) is 19.1 Å². The van der Waals surface area contributed by atoms with Gasteiger partial charge < -0.3 is 0 Å². The van der Waals surface area contributed by atoms with Crippen LogP contribution in [0.15, 0.2) is 47.4 Å². The first-order chi connectivity index (χ1) is 11.8. The second kappa shape index (κ2) is 6.33. The number of hydrogen-bond donors (Lipinski definition) is 1. The highest BCUT2D eigenvalue weighted by atomic mass is 32.2. The Balaban J connectivity index is 1.90. The van der Waals surface area contributed by atoms with Gasteiger partial charge in [-0.2, -0.15) is 0 Å². The summed E-state index contributed by atoms with van der Waals surface area (Å²) < 4.78 is 27.6. The fourth-order valence-corrected chi connectivity index (χ4v) is 3.87. The molecule has 1 aliphatic heterocycles. The Bertz CT molecular complexity index is 934. The van der Waals surface area contributed by atoms with Crippen LogP contribution in [0.1, 0.15) is 24.0 Å². The number of aryl methyl sites for hydroxylation is 2. The van der Waals surface area contributed by atoms with Gasteiger partial charge in [0.1, 0.15) is 0 Å². The molecule has 0 spiro atoms. The predicted molar refractivity (Wildman–Crippen MR) is 94.9 cm³/mol. The number of benzene rings is 2. The van der Waals surface area contributed by atoms with E-state index in [1.54, 1.807) is 19.1 Å². The van der Waals surface area contributed by atoms with Crippen molar-refractivity contribution >= 4 is 33.2 Å². The molecular formula is C18H18N2O4S. The Labute approximate surface area is 146 Å². The van der Waals surface area contributed by atoms with Crippen LogP contribution in [0, 0.1) is 13.8 Å². The van der Waals surface area contributed by atoms with Crippen LogP contribution in [0.5, 0.6) is 0 Å². The van der Waals surface area contributed by atoms with Crippen molar-refractivity contribution in [2.75, 3.05) is 9.62 Å². The molecule has 2 aromatic carbocycles. The molecule has 130 valence electrons. The first-order valence-electron chi connectivity index (χ1n) is 7.84. The lowest BCUT2D eigenvalue weighted by Crippen LogP contribution is -2.29. The number of rotatable bonds is 4. The number of nitrogens with one attached hydrogen (secondary N) is 1. The van der Waals surface area contributed by atoms with E-state index < -0.39 is 10.0 Å². The van der Waals surface area contributed by atoms with Crippen molar-refractivity contribution < 1.29 is 18.0 Å². The van der Waals surface area contributed by atoms with Crippen molar-refractivity contribution in [3.05, 3.63) is 53.6 Å². The maximum Gasteiger partial charge on any atom is 0.261 e. The molecule has 0 bridgehead atoms. The molecule has 0 unspecified atom stereocenters. The quantitative estimate of drug-likeness (QED) is 0.852. The van der Waals surface area contributed by atoms with Gasteiger partial charge in [0.25, 0.3) is 10.0 Å². The Morgan fingerprint density at radius 3 is 2.08 bits per heavy atom. The molecule has 1 heterocycles. The fraction of sp³-hybridized carbons (Fsp3) is 0.222. The van der Waals surface area contributed by atoms with E-state index in [-0.39, 0.29) is 29.6 Å². The van der Waals surface area contributed by atoms with Gasteiger partial charge in [-0.15, -0.1) is 0 Å². The number of hydrogen-bond acceptors (Lipinski definition) is 4. The van der Waals surface area contributed by atoms with Gasteiger partial charge in [-0.25, -0.2) is 8.42 Å². The van der Waals surface area contributed by atoms with Gasteiger partial charge >= 0.3 is 0 Å². The second-order valence-electron chi connectivity index (χ2n) is 6.04. The summed E-state index contributed by atoms with van der Waals surface area (Å²) in [5, 5.41) is 0. The number of anilines is 2. The van der Waals surface area contributed by atoms with E-state index >= 15 is 0 Å². The van der Waals surface area contributed by atoms with E-state index in [1.165, 1.54) is 18.2 Å². The molecule has 0 aromatic heterocycles. The summed E-state index contributed by atoms with van der Waals surface area (Å²) in [7, 11) is -3.75. The molecule has 2 amide bonds. The molecule has 0 aliphatic carbocycles. The lowest BCUT2D eigenvalue weighted by atomic mass is 10.2. The molecule has 1 saturated heterocycles. The van der Waals surface area contributed by atoms with Crippen LogP contribution in [-0.2, 0) is 19.6 Å². The van der Waals surface area contributed by atoms with E-state index in [0.717, 1.165) is 10.5 Å². The van der Waals surface area contributed by atoms with Gasteiger partial charge in [0.15, 0.2) is 0 Å². The Kier molecular flexibility index (Phi) is 4.34. The molecule has 3 rings (SSSR count). The largest absolute Gasteiger partial charge is 0.280 e. The van der Waals surface area contributed by atoms with Crippen LogP contribution in [0.2, 0.25) is 0 Å². The van der Waals surface area contributed by atoms with E-state index in [4.69, 9.17) is 0 Å². The molecule has 0 saturated carbocycles. The van der Waals surface area contributed by atoms with Gasteiger partial charge in [-0.05, 0) is 49.7 Å². The van der Waals surface area contributed by atoms with Crippen molar-refractivity contribution in [1.29, 1.82) is 0 Å². The number of amides is 2. The van der Waals surface area contributed by atoms with Crippen molar-refractivity contribution in [3.8, 4) is 0 Å². The molecule has 1 N–H and O–H groups in total. The zero-order valence-electron chi connectivity index (χ0n) is 13.9. The third kappa shape index (κ3) is 3.41. The van der Waals surface area contributed by atoms with E-state index in [2.05, 4.69) is 4.72 Å². The maximum absolute atomic E-state index is 12.5. The topological polar surface area (TPSA) is 83.6 Å². The molecule has 25 heavy (non-hydrogen) atoms. The first kappa shape index (κ1) is 17.2. The first-order valence-corrected chi connectivity index (χ1v) is 9.32. The summed E-state index contributed by atoms with van der Waals surface area (Å²) in [6.07, 6.45) is 0.376. The fourth-order valence-electron chi connectivity index (χ4n) is 2.73. The zero-order valence-corrected chi connectivity index (χ0v) is 14.8. The van der Waals surface area contributed by atoms with Crippen molar-refractivity contribution in [2.45, 2.75) is 31.6 Å². The Morgan fingerprint density at radius 1 is 0.920 bits per heavy atom. The summed E-state index contributed by atoms with van der Waals surface area (Å²) in [6.45, 7) is 3.60. The van der Waals surface area contributed by atoms with Gasteiger partial charge in [0.2, 0.25) is 11.8 Å².